The van der Waals surface area contributed by atoms with Crippen LogP contribution in [0.4, 0.5) is 0 Å². The van der Waals surface area contributed by atoms with Crippen molar-refractivity contribution in [2.24, 2.45) is 0 Å². The normalized spacial score (nSPS) is 11.8. The molecule has 0 aromatic heterocycles. The van der Waals surface area contributed by atoms with Gasteiger partial charge in [0.25, 0.3) is 0 Å². The summed E-state index contributed by atoms with van der Waals surface area (Å²) in [7, 11) is 3.25. The van der Waals surface area contributed by atoms with Gasteiger partial charge in [-0.3, -0.25) is 4.79 Å². The molecule has 140 valence electrons. The number of carbonyl (C=O) groups excluding carboxylic acids is 1. The average molecular weight is 363 g/mol. The van der Waals surface area contributed by atoms with Crippen molar-refractivity contribution in [3.63, 3.8) is 0 Å². The summed E-state index contributed by atoms with van der Waals surface area (Å²) >= 11 is 0. The van der Waals surface area contributed by atoms with Gasteiger partial charge in [-0.15, -0.1) is 0 Å². The lowest BCUT2D eigenvalue weighted by Crippen LogP contribution is -2.27. The number of hydrogen-bond acceptors (Lipinski definition) is 3. The second-order valence-corrected chi connectivity index (χ2v) is 6.54. The Hall–Kier alpha value is -3.01. The summed E-state index contributed by atoms with van der Waals surface area (Å²) in [5.41, 5.74) is 2.09. The van der Waals surface area contributed by atoms with Crippen LogP contribution in [0, 0.1) is 0 Å². The number of rotatable bonds is 7. The van der Waals surface area contributed by atoms with E-state index < -0.39 is 0 Å². The lowest BCUT2D eigenvalue weighted by Gasteiger charge is -2.18. The highest BCUT2D eigenvalue weighted by atomic mass is 16.5. The third kappa shape index (κ3) is 4.40. The first-order valence-electron chi connectivity index (χ1n) is 9.10. The fourth-order valence-corrected chi connectivity index (χ4v) is 3.33. The number of hydrogen-bond donors (Lipinski definition) is 1. The minimum atomic E-state index is -0.171. The summed E-state index contributed by atoms with van der Waals surface area (Å²) in [5.74, 6) is 1.49. The monoisotopic (exact) mass is 363 g/mol. The van der Waals surface area contributed by atoms with Crippen molar-refractivity contribution in [3.8, 4) is 11.5 Å². The third-order valence-electron chi connectivity index (χ3n) is 4.78. The van der Waals surface area contributed by atoms with Crippen LogP contribution >= 0.6 is 0 Å². The van der Waals surface area contributed by atoms with Gasteiger partial charge in [0.15, 0.2) is 0 Å². The Kier molecular flexibility index (Phi) is 5.97. The van der Waals surface area contributed by atoms with Crippen molar-refractivity contribution >= 4 is 16.7 Å². The van der Waals surface area contributed by atoms with Crippen LogP contribution in [-0.4, -0.2) is 20.1 Å². The minimum absolute atomic E-state index is 0.0142. The van der Waals surface area contributed by atoms with Crippen LogP contribution in [0.2, 0.25) is 0 Å². The zero-order chi connectivity index (χ0) is 19.2. The van der Waals surface area contributed by atoms with Crippen molar-refractivity contribution in [1.82, 2.24) is 5.32 Å². The summed E-state index contributed by atoms with van der Waals surface area (Å²) < 4.78 is 10.7. The van der Waals surface area contributed by atoms with Gasteiger partial charge >= 0.3 is 0 Å². The number of aryl methyl sites for hydroxylation is 1. The summed E-state index contributed by atoms with van der Waals surface area (Å²) in [6, 6.07) is 19.9. The highest BCUT2D eigenvalue weighted by molar-refractivity contribution is 5.86. The van der Waals surface area contributed by atoms with Crippen LogP contribution < -0.4 is 14.8 Å². The van der Waals surface area contributed by atoms with Gasteiger partial charge < -0.3 is 14.8 Å². The molecule has 0 saturated heterocycles. The molecule has 0 bridgehead atoms. The van der Waals surface area contributed by atoms with Gasteiger partial charge in [-0.1, -0.05) is 42.5 Å². The lowest BCUT2D eigenvalue weighted by atomic mass is 10.0. The SMILES string of the molecule is COc1ccc(OC)c(C(C)NC(=O)CCc2cccc3ccccc23)c1. The van der Waals surface area contributed by atoms with Crippen LogP contribution in [0.3, 0.4) is 0 Å². The Morgan fingerprint density at radius 1 is 1.00 bits per heavy atom. The van der Waals surface area contributed by atoms with Crippen molar-refractivity contribution in [2.45, 2.75) is 25.8 Å². The Morgan fingerprint density at radius 3 is 2.56 bits per heavy atom. The molecule has 4 heteroatoms. The smallest absolute Gasteiger partial charge is 0.220 e. The van der Waals surface area contributed by atoms with Crippen LogP contribution in [0.1, 0.15) is 30.5 Å². The number of amides is 1. The number of benzene rings is 3. The molecule has 0 aliphatic heterocycles. The van der Waals surface area contributed by atoms with Gasteiger partial charge in [0.2, 0.25) is 5.91 Å². The molecule has 0 aliphatic rings. The van der Waals surface area contributed by atoms with E-state index in [1.807, 2.05) is 43.3 Å². The molecule has 1 amide bonds. The fraction of sp³-hybridized carbons (Fsp3) is 0.261. The molecule has 0 saturated carbocycles. The summed E-state index contributed by atoms with van der Waals surface area (Å²) in [6.45, 7) is 1.95. The predicted octanol–water partition coefficient (Wildman–Crippen LogP) is 4.67. The standard InChI is InChI=1S/C23H25NO3/c1-16(21-15-19(26-2)12-13-22(21)27-3)24-23(25)14-11-18-9-6-8-17-7-4-5-10-20(17)18/h4-10,12-13,15-16H,11,14H2,1-3H3,(H,24,25). The van der Waals surface area contributed by atoms with Gasteiger partial charge in [-0.2, -0.15) is 0 Å². The molecular weight excluding hydrogens is 338 g/mol. The number of fused-ring (bicyclic) bond motifs is 1. The maximum atomic E-state index is 12.5. The highest BCUT2D eigenvalue weighted by Gasteiger charge is 2.15. The van der Waals surface area contributed by atoms with Crippen LogP contribution in [0.15, 0.2) is 60.7 Å². The second-order valence-electron chi connectivity index (χ2n) is 6.54. The zero-order valence-corrected chi connectivity index (χ0v) is 16.0. The Morgan fingerprint density at radius 2 is 1.78 bits per heavy atom. The molecule has 1 atom stereocenters. The summed E-state index contributed by atoms with van der Waals surface area (Å²) in [6.07, 6.45) is 1.14. The molecule has 0 heterocycles. The molecule has 27 heavy (non-hydrogen) atoms. The van der Waals surface area contributed by atoms with E-state index >= 15 is 0 Å². The molecule has 3 rings (SSSR count). The Balaban J connectivity index is 1.67. The first-order valence-corrected chi connectivity index (χ1v) is 9.10. The number of ether oxygens (including phenoxy) is 2. The van der Waals surface area contributed by atoms with Crippen molar-refractivity contribution < 1.29 is 14.3 Å². The first-order chi connectivity index (χ1) is 13.1. The molecule has 3 aromatic carbocycles. The molecular formula is C23H25NO3. The van der Waals surface area contributed by atoms with E-state index in [4.69, 9.17) is 9.47 Å². The molecule has 3 aromatic rings. The average Bonchev–Trinajstić information content (AvgIpc) is 2.71. The van der Waals surface area contributed by atoms with Gasteiger partial charge in [0, 0.05) is 12.0 Å². The quantitative estimate of drug-likeness (QED) is 0.664. The van der Waals surface area contributed by atoms with E-state index in [9.17, 15) is 4.79 Å². The minimum Gasteiger partial charge on any atom is -0.497 e. The Bertz CT molecular complexity index is 931. The molecule has 0 radical (unpaired) electrons. The largest absolute Gasteiger partial charge is 0.497 e. The van der Waals surface area contributed by atoms with Crippen molar-refractivity contribution in [1.29, 1.82) is 0 Å². The van der Waals surface area contributed by atoms with Gasteiger partial charge in [-0.25, -0.2) is 0 Å². The maximum Gasteiger partial charge on any atom is 0.220 e. The van der Waals surface area contributed by atoms with Crippen molar-refractivity contribution in [3.05, 3.63) is 71.8 Å². The van der Waals surface area contributed by atoms with Crippen LogP contribution in [0.5, 0.6) is 11.5 Å². The van der Waals surface area contributed by atoms with E-state index in [1.165, 1.54) is 16.3 Å². The molecule has 1 unspecified atom stereocenters. The third-order valence-corrected chi connectivity index (χ3v) is 4.78. The van der Waals surface area contributed by atoms with E-state index in [1.54, 1.807) is 14.2 Å². The maximum absolute atomic E-state index is 12.5. The number of nitrogens with one attached hydrogen (secondary N) is 1. The van der Waals surface area contributed by atoms with E-state index in [0.29, 0.717) is 12.8 Å². The lowest BCUT2D eigenvalue weighted by molar-refractivity contribution is -0.121. The second kappa shape index (κ2) is 8.58. The van der Waals surface area contributed by atoms with E-state index in [2.05, 4.69) is 29.6 Å². The molecule has 1 N–H and O–H groups in total. The van der Waals surface area contributed by atoms with Gasteiger partial charge in [0.05, 0.1) is 20.3 Å². The predicted molar refractivity (Wildman–Crippen MR) is 108 cm³/mol. The first kappa shape index (κ1) is 18.8. The van der Waals surface area contributed by atoms with Crippen LogP contribution in [0.25, 0.3) is 10.8 Å². The number of methoxy groups -OCH3 is 2. The number of carbonyl (C=O) groups is 1. The summed E-state index contributed by atoms with van der Waals surface area (Å²) in [5, 5.41) is 5.47. The van der Waals surface area contributed by atoms with E-state index in [-0.39, 0.29) is 11.9 Å². The molecule has 0 fully saturated rings. The van der Waals surface area contributed by atoms with Gasteiger partial charge in [0.1, 0.15) is 11.5 Å². The highest BCUT2D eigenvalue weighted by Crippen LogP contribution is 2.29. The fourth-order valence-electron chi connectivity index (χ4n) is 3.33. The van der Waals surface area contributed by atoms with Gasteiger partial charge in [-0.05, 0) is 47.9 Å². The zero-order valence-electron chi connectivity index (χ0n) is 16.0. The van der Waals surface area contributed by atoms with Crippen molar-refractivity contribution in [2.75, 3.05) is 14.2 Å². The van der Waals surface area contributed by atoms with E-state index in [0.717, 1.165) is 17.1 Å². The molecule has 0 aliphatic carbocycles. The summed E-state index contributed by atoms with van der Waals surface area (Å²) in [4.78, 5) is 12.5. The van der Waals surface area contributed by atoms with Crippen LogP contribution in [-0.2, 0) is 11.2 Å². The molecule has 4 nitrogen and oxygen atoms in total. The topological polar surface area (TPSA) is 47.6 Å². The Labute approximate surface area is 160 Å². The molecule has 0 spiro atoms.